The highest BCUT2D eigenvalue weighted by atomic mass is 79.9. The van der Waals surface area contributed by atoms with E-state index >= 15 is 0 Å². The Labute approximate surface area is 89.3 Å². The topological polar surface area (TPSA) is 50.9 Å². The van der Waals surface area contributed by atoms with E-state index < -0.39 is 0 Å². The van der Waals surface area contributed by atoms with Crippen LogP contribution in [0.4, 0.5) is 0 Å². The highest BCUT2D eigenvalue weighted by molar-refractivity contribution is 9.10. The molecule has 1 N–H and O–H groups in total. The van der Waals surface area contributed by atoms with Crippen LogP contribution in [0.25, 0.3) is 11.3 Å². The Morgan fingerprint density at radius 2 is 2.07 bits per heavy atom. The van der Waals surface area contributed by atoms with Gasteiger partial charge in [-0.05, 0) is 28.1 Å². The lowest BCUT2D eigenvalue weighted by atomic mass is 10.1. The van der Waals surface area contributed by atoms with Crippen molar-refractivity contribution in [2.75, 3.05) is 0 Å². The fraction of sp³-hybridized carbons (Fsp3) is 0.111. The molecule has 0 saturated carbocycles. The van der Waals surface area contributed by atoms with E-state index in [4.69, 9.17) is 0 Å². The lowest BCUT2D eigenvalue weighted by molar-refractivity contribution is 0.476. The normalized spacial score (nSPS) is 10.4. The van der Waals surface area contributed by atoms with Gasteiger partial charge in [-0.2, -0.15) is 0 Å². The van der Waals surface area contributed by atoms with Crippen molar-refractivity contribution in [3.05, 3.63) is 28.9 Å². The second-order valence-corrected chi connectivity index (χ2v) is 3.62. The van der Waals surface area contributed by atoms with Crippen molar-refractivity contribution in [1.29, 1.82) is 0 Å². The average molecular weight is 254 g/mol. The molecule has 72 valence electrons. The third-order valence-electron chi connectivity index (χ3n) is 1.94. The van der Waals surface area contributed by atoms with E-state index in [9.17, 15) is 5.11 Å². The molecule has 4 nitrogen and oxygen atoms in total. The number of aromatic hydroxyl groups is 1. The molecule has 1 heterocycles. The molecule has 0 aliphatic rings. The molecule has 0 aliphatic carbocycles. The molecule has 5 heteroatoms. The van der Waals surface area contributed by atoms with Crippen LogP contribution < -0.4 is 0 Å². The Bertz CT molecular complexity index is 447. The number of phenols is 1. The molecule has 0 saturated heterocycles. The van der Waals surface area contributed by atoms with Gasteiger partial charge in [0, 0.05) is 12.6 Å². The fourth-order valence-corrected chi connectivity index (χ4v) is 1.83. The number of aromatic nitrogens is 3. The first-order valence-corrected chi connectivity index (χ1v) is 4.83. The van der Waals surface area contributed by atoms with E-state index in [-0.39, 0.29) is 5.75 Å². The number of aryl methyl sites for hydroxylation is 1. The third kappa shape index (κ3) is 1.39. The predicted octanol–water partition coefficient (Wildman–Crippen LogP) is 1.95. The number of phenolic OH excluding ortho intramolecular Hbond substituents is 1. The maximum absolute atomic E-state index is 9.64. The molecular weight excluding hydrogens is 246 g/mol. The molecule has 0 amide bonds. The summed E-state index contributed by atoms with van der Waals surface area (Å²) < 4.78 is 2.24. The van der Waals surface area contributed by atoms with E-state index in [1.807, 2.05) is 12.1 Å². The molecule has 0 radical (unpaired) electrons. The number of nitrogens with zero attached hydrogens (tertiary/aromatic N) is 3. The first-order chi connectivity index (χ1) is 6.70. The van der Waals surface area contributed by atoms with Crippen molar-refractivity contribution in [2.45, 2.75) is 0 Å². The van der Waals surface area contributed by atoms with Crippen molar-refractivity contribution < 1.29 is 5.11 Å². The smallest absolute Gasteiger partial charge is 0.156 e. The Hall–Kier alpha value is -1.36. The van der Waals surface area contributed by atoms with Gasteiger partial charge in [0.1, 0.15) is 11.4 Å². The summed E-state index contributed by atoms with van der Waals surface area (Å²) in [5.74, 6) is 0.221. The van der Waals surface area contributed by atoms with Crippen LogP contribution >= 0.6 is 15.9 Å². The van der Waals surface area contributed by atoms with Crippen molar-refractivity contribution in [3.8, 4) is 17.0 Å². The van der Waals surface area contributed by atoms with Crippen molar-refractivity contribution in [1.82, 2.24) is 15.0 Å². The molecule has 0 fully saturated rings. The van der Waals surface area contributed by atoms with E-state index in [1.54, 1.807) is 23.9 Å². The van der Waals surface area contributed by atoms with Crippen molar-refractivity contribution >= 4 is 15.9 Å². The number of halogens is 1. The summed E-state index contributed by atoms with van der Waals surface area (Å²) in [6.07, 6.45) is 0. The standard InChI is InChI=1S/C9H8BrN3O/c1-13-8(9(10)11-12-13)6-4-2-3-5-7(6)14/h2-5,14H,1H3. The van der Waals surface area contributed by atoms with Gasteiger partial charge in [0.25, 0.3) is 0 Å². The molecule has 0 unspecified atom stereocenters. The zero-order chi connectivity index (χ0) is 10.1. The summed E-state index contributed by atoms with van der Waals surface area (Å²) in [6.45, 7) is 0. The third-order valence-corrected chi connectivity index (χ3v) is 2.48. The van der Waals surface area contributed by atoms with E-state index in [2.05, 4.69) is 26.2 Å². The number of benzene rings is 1. The van der Waals surface area contributed by atoms with E-state index in [0.29, 0.717) is 10.2 Å². The average Bonchev–Trinajstić information content (AvgIpc) is 2.48. The summed E-state index contributed by atoms with van der Waals surface area (Å²) in [6, 6.07) is 7.08. The largest absolute Gasteiger partial charge is 0.507 e. The van der Waals surface area contributed by atoms with Crippen molar-refractivity contribution in [3.63, 3.8) is 0 Å². The summed E-state index contributed by atoms with van der Waals surface area (Å²) in [5.41, 5.74) is 1.48. The van der Waals surface area contributed by atoms with Crippen LogP contribution in [0.2, 0.25) is 0 Å². The van der Waals surface area contributed by atoms with Gasteiger partial charge in [0.15, 0.2) is 4.60 Å². The Balaban J connectivity index is 2.66. The Kier molecular flexibility index (Phi) is 2.25. The van der Waals surface area contributed by atoms with Gasteiger partial charge in [0.2, 0.25) is 0 Å². The van der Waals surface area contributed by atoms with Gasteiger partial charge >= 0.3 is 0 Å². The number of rotatable bonds is 1. The van der Waals surface area contributed by atoms with Gasteiger partial charge in [-0.3, -0.25) is 0 Å². The first-order valence-electron chi connectivity index (χ1n) is 4.03. The maximum Gasteiger partial charge on any atom is 0.156 e. The predicted molar refractivity (Wildman–Crippen MR) is 55.8 cm³/mol. The molecule has 0 atom stereocenters. The second kappa shape index (κ2) is 3.42. The van der Waals surface area contributed by atoms with Gasteiger partial charge in [-0.1, -0.05) is 17.3 Å². The molecule has 14 heavy (non-hydrogen) atoms. The maximum atomic E-state index is 9.64. The molecule has 0 spiro atoms. The zero-order valence-electron chi connectivity index (χ0n) is 7.48. The van der Waals surface area contributed by atoms with Gasteiger partial charge < -0.3 is 5.11 Å². The van der Waals surface area contributed by atoms with Gasteiger partial charge in [-0.15, -0.1) is 5.10 Å². The molecular formula is C9H8BrN3O. The summed E-state index contributed by atoms with van der Waals surface area (Å²) >= 11 is 3.28. The van der Waals surface area contributed by atoms with Gasteiger partial charge in [0.05, 0.1) is 0 Å². The summed E-state index contributed by atoms with van der Waals surface area (Å²) in [4.78, 5) is 0. The molecule has 0 bridgehead atoms. The second-order valence-electron chi connectivity index (χ2n) is 2.87. The Morgan fingerprint density at radius 1 is 1.36 bits per heavy atom. The monoisotopic (exact) mass is 253 g/mol. The van der Waals surface area contributed by atoms with E-state index in [1.165, 1.54) is 0 Å². The van der Waals surface area contributed by atoms with Crippen LogP contribution in [0.5, 0.6) is 5.75 Å². The molecule has 2 rings (SSSR count). The minimum Gasteiger partial charge on any atom is -0.507 e. The SMILES string of the molecule is Cn1nnc(Br)c1-c1ccccc1O. The van der Waals surface area contributed by atoms with Crippen molar-refractivity contribution in [2.24, 2.45) is 7.05 Å². The van der Waals surface area contributed by atoms with Gasteiger partial charge in [-0.25, -0.2) is 4.68 Å². The van der Waals surface area contributed by atoms with Crippen LogP contribution in [-0.4, -0.2) is 20.1 Å². The van der Waals surface area contributed by atoms with Crippen LogP contribution in [0.15, 0.2) is 28.9 Å². The lowest BCUT2D eigenvalue weighted by Crippen LogP contribution is -1.94. The summed E-state index contributed by atoms with van der Waals surface area (Å²) in [7, 11) is 1.78. The molecule has 1 aromatic heterocycles. The van der Waals surface area contributed by atoms with Crippen LogP contribution in [-0.2, 0) is 7.05 Å². The van der Waals surface area contributed by atoms with E-state index in [0.717, 1.165) is 5.69 Å². The number of para-hydroxylation sites is 1. The van der Waals surface area contributed by atoms with Crippen LogP contribution in [0.1, 0.15) is 0 Å². The number of hydrogen-bond acceptors (Lipinski definition) is 3. The van der Waals surface area contributed by atoms with Crippen LogP contribution in [0, 0.1) is 0 Å². The molecule has 1 aromatic carbocycles. The summed E-state index contributed by atoms with van der Waals surface area (Å²) in [5, 5.41) is 17.3. The first kappa shape index (κ1) is 9.21. The zero-order valence-corrected chi connectivity index (χ0v) is 9.06. The number of hydrogen-bond donors (Lipinski definition) is 1. The minimum atomic E-state index is 0.221. The van der Waals surface area contributed by atoms with Crippen LogP contribution in [0.3, 0.4) is 0 Å². The highest BCUT2D eigenvalue weighted by Gasteiger charge is 2.13. The fourth-order valence-electron chi connectivity index (χ4n) is 1.29. The molecule has 0 aliphatic heterocycles. The lowest BCUT2D eigenvalue weighted by Gasteiger charge is -2.03. The Morgan fingerprint density at radius 3 is 2.64 bits per heavy atom. The molecule has 2 aromatic rings. The highest BCUT2D eigenvalue weighted by Crippen LogP contribution is 2.31. The minimum absolute atomic E-state index is 0.221. The quantitative estimate of drug-likeness (QED) is 0.846.